The summed E-state index contributed by atoms with van der Waals surface area (Å²) in [6.07, 6.45) is 0. The Bertz CT molecular complexity index is 700. The number of benzene rings is 1. The van der Waals surface area contributed by atoms with Gasteiger partial charge in [0.1, 0.15) is 0 Å². The van der Waals surface area contributed by atoms with Crippen LogP contribution in [-0.4, -0.2) is 15.0 Å². The third-order valence-electron chi connectivity index (χ3n) is 3.28. The van der Waals surface area contributed by atoms with Gasteiger partial charge in [-0.15, -0.1) is 11.3 Å². The van der Waals surface area contributed by atoms with E-state index in [0.29, 0.717) is 12.2 Å². The number of nitrogen functional groups attached to an aromatic ring is 1. The van der Waals surface area contributed by atoms with Crippen molar-refractivity contribution in [3.8, 4) is 0 Å². The van der Waals surface area contributed by atoms with Crippen molar-refractivity contribution in [3.63, 3.8) is 0 Å². The third-order valence-corrected chi connectivity index (χ3v) is 5.89. The number of aryl methyl sites for hydroxylation is 1. The van der Waals surface area contributed by atoms with E-state index < -0.39 is 10.0 Å². The summed E-state index contributed by atoms with van der Waals surface area (Å²) in [6.45, 7) is 6.20. The smallest absolute Gasteiger partial charge is 0.240 e. The highest BCUT2D eigenvalue weighted by molar-refractivity contribution is 7.89. The first-order valence-corrected chi connectivity index (χ1v) is 8.98. The molecule has 2 aromatic rings. The SMILES string of the molecule is Cc1cc(N)cc(S(=O)(=O)NCC(C)(C)c2cccs2)c1. The van der Waals surface area contributed by atoms with Crippen molar-refractivity contribution in [2.24, 2.45) is 0 Å². The Balaban J connectivity index is 2.18. The lowest BCUT2D eigenvalue weighted by Crippen LogP contribution is -2.36. The van der Waals surface area contributed by atoms with E-state index in [1.165, 1.54) is 6.07 Å². The van der Waals surface area contributed by atoms with Gasteiger partial charge in [0.05, 0.1) is 4.90 Å². The fourth-order valence-corrected chi connectivity index (χ4v) is 4.24. The largest absolute Gasteiger partial charge is 0.399 e. The van der Waals surface area contributed by atoms with Crippen LogP contribution in [0, 0.1) is 6.92 Å². The van der Waals surface area contributed by atoms with Crippen LogP contribution >= 0.6 is 11.3 Å². The van der Waals surface area contributed by atoms with Crippen LogP contribution in [0.2, 0.25) is 0 Å². The fourth-order valence-electron chi connectivity index (χ4n) is 2.04. The average molecular weight is 324 g/mol. The summed E-state index contributed by atoms with van der Waals surface area (Å²) in [5, 5.41) is 1.99. The molecule has 0 fully saturated rings. The molecule has 0 unspecified atom stereocenters. The lowest BCUT2D eigenvalue weighted by molar-refractivity contribution is 0.509. The van der Waals surface area contributed by atoms with Crippen LogP contribution < -0.4 is 10.5 Å². The van der Waals surface area contributed by atoms with Gasteiger partial charge >= 0.3 is 0 Å². The number of nitrogens with one attached hydrogen (secondary N) is 1. The zero-order valence-corrected chi connectivity index (χ0v) is 14.0. The first-order valence-electron chi connectivity index (χ1n) is 6.61. The molecule has 21 heavy (non-hydrogen) atoms. The molecule has 0 saturated heterocycles. The van der Waals surface area contributed by atoms with E-state index in [2.05, 4.69) is 4.72 Å². The van der Waals surface area contributed by atoms with E-state index in [4.69, 9.17) is 5.73 Å². The lowest BCUT2D eigenvalue weighted by atomic mass is 9.92. The zero-order valence-electron chi connectivity index (χ0n) is 12.4. The van der Waals surface area contributed by atoms with Crippen LogP contribution in [0.1, 0.15) is 24.3 Å². The molecule has 6 heteroatoms. The summed E-state index contributed by atoms with van der Waals surface area (Å²) in [4.78, 5) is 1.36. The van der Waals surface area contributed by atoms with E-state index >= 15 is 0 Å². The summed E-state index contributed by atoms with van der Waals surface area (Å²) >= 11 is 1.63. The molecule has 0 spiro atoms. The molecule has 0 radical (unpaired) electrons. The molecule has 0 bridgehead atoms. The average Bonchev–Trinajstić information content (AvgIpc) is 2.90. The van der Waals surface area contributed by atoms with E-state index in [1.807, 2.05) is 38.3 Å². The Kier molecular flexibility index (Phi) is 4.41. The Morgan fingerprint density at radius 3 is 2.57 bits per heavy atom. The Hall–Kier alpha value is -1.37. The number of rotatable bonds is 5. The zero-order chi connectivity index (χ0) is 15.7. The van der Waals surface area contributed by atoms with Gasteiger partial charge in [0.25, 0.3) is 0 Å². The van der Waals surface area contributed by atoms with Crippen molar-refractivity contribution in [1.82, 2.24) is 4.72 Å². The molecule has 1 aromatic heterocycles. The number of hydrogen-bond acceptors (Lipinski definition) is 4. The van der Waals surface area contributed by atoms with Crippen LogP contribution in [0.15, 0.2) is 40.6 Å². The van der Waals surface area contributed by atoms with Crippen molar-refractivity contribution in [3.05, 3.63) is 46.2 Å². The highest BCUT2D eigenvalue weighted by Crippen LogP contribution is 2.27. The Morgan fingerprint density at radius 1 is 1.29 bits per heavy atom. The summed E-state index contributed by atoms with van der Waals surface area (Å²) < 4.78 is 27.5. The van der Waals surface area contributed by atoms with Crippen molar-refractivity contribution in [1.29, 1.82) is 0 Å². The Labute approximate surface area is 130 Å². The van der Waals surface area contributed by atoms with Crippen molar-refractivity contribution < 1.29 is 8.42 Å². The van der Waals surface area contributed by atoms with Crippen molar-refractivity contribution in [2.75, 3.05) is 12.3 Å². The molecule has 0 amide bonds. The summed E-state index contributed by atoms with van der Waals surface area (Å²) in [6, 6.07) is 8.83. The highest BCUT2D eigenvalue weighted by atomic mass is 32.2. The van der Waals surface area contributed by atoms with Crippen molar-refractivity contribution in [2.45, 2.75) is 31.1 Å². The quantitative estimate of drug-likeness (QED) is 0.831. The number of hydrogen-bond donors (Lipinski definition) is 2. The van der Waals surface area contributed by atoms with Crippen LogP contribution in [0.25, 0.3) is 0 Å². The van der Waals surface area contributed by atoms with Gasteiger partial charge < -0.3 is 5.73 Å². The molecule has 3 N–H and O–H groups in total. The third kappa shape index (κ3) is 3.84. The van der Waals surface area contributed by atoms with Gasteiger partial charge in [-0.2, -0.15) is 0 Å². The Morgan fingerprint density at radius 2 is 2.00 bits per heavy atom. The monoisotopic (exact) mass is 324 g/mol. The molecule has 114 valence electrons. The van der Waals surface area contributed by atoms with Gasteiger partial charge in [0.2, 0.25) is 10.0 Å². The number of thiophene rings is 1. The highest BCUT2D eigenvalue weighted by Gasteiger charge is 2.25. The lowest BCUT2D eigenvalue weighted by Gasteiger charge is -2.23. The van der Waals surface area contributed by atoms with E-state index in [0.717, 1.165) is 10.4 Å². The predicted octanol–water partition coefficient (Wildman–Crippen LogP) is 2.89. The number of sulfonamides is 1. The van der Waals surface area contributed by atoms with Gasteiger partial charge in [-0.1, -0.05) is 19.9 Å². The normalized spacial score (nSPS) is 12.5. The van der Waals surface area contributed by atoms with E-state index in [1.54, 1.807) is 23.5 Å². The van der Waals surface area contributed by atoms with Crippen LogP contribution in [0.4, 0.5) is 5.69 Å². The molecular weight excluding hydrogens is 304 g/mol. The molecule has 0 saturated carbocycles. The van der Waals surface area contributed by atoms with Gasteiger partial charge in [-0.3, -0.25) is 0 Å². The van der Waals surface area contributed by atoms with Crippen LogP contribution in [0.5, 0.6) is 0 Å². The summed E-state index contributed by atoms with van der Waals surface area (Å²) in [5.74, 6) is 0. The maximum absolute atomic E-state index is 12.4. The minimum absolute atomic E-state index is 0.210. The first-order chi connectivity index (χ1) is 9.71. The maximum atomic E-state index is 12.4. The molecule has 0 atom stereocenters. The van der Waals surface area contributed by atoms with Crippen LogP contribution in [-0.2, 0) is 15.4 Å². The van der Waals surface area contributed by atoms with Gasteiger partial charge in [0.15, 0.2) is 0 Å². The number of anilines is 1. The van der Waals surface area contributed by atoms with Crippen LogP contribution in [0.3, 0.4) is 0 Å². The van der Waals surface area contributed by atoms with E-state index in [9.17, 15) is 8.42 Å². The molecule has 1 heterocycles. The topological polar surface area (TPSA) is 72.2 Å². The molecule has 4 nitrogen and oxygen atoms in total. The minimum Gasteiger partial charge on any atom is -0.399 e. The van der Waals surface area contributed by atoms with Gasteiger partial charge in [0, 0.05) is 22.5 Å². The first kappa shape index (κ1) is 16.0. The molecule has 0 aliphatic rings. The standard InChI is InChI=1S/C15H20N2O2S2/c1-11-7-12(16)9-13(8-11)21(18,19)17-10-15(2,3)14-5-4-6-20-14/h4-9,17H,10,16H2,1-3H3. The fraction of sp³-hybridized carbons (Fsp3) is 0.333. The second kappa shape index (κ2) is 5.79. The van der Waals surface area contributed by atoms with Gasteiger partial charge in [-0.05, 0) is 42.1 Å². The van der Waals surface area contributed by atoms with Gasteiger partial charge in [-0.25, -0.2) is 13.1 Å². The number of nitrogens with two attached hydrogens (primary N) is 1. The molecular formula is C15H20N2O2S2. The second-order valence-corrected chi connectivity index (χ2v) is 8.48. The summed E-state index contributed by atoms with van der Waals surface area (Å²) in [7, 11) is -3.55. The maximum Gasteiger partial charge on any atom is 0.240 e. The second-order valence-electron chi connectivity index (χ2n) is 5.77. The van der Waals surface area contributed by atoms with E-state index in [-0.39, 0.29) is 10.3 Å². The minimum atomic E-state index is -3.55. The molecule has 2 rings (SSSR count). The summed E-state index contributed by atoms with van der Waals surface area (Å²) in [5.41, 5.74) is 6.75. The molecule has 0 aliphatic carbocycles. The molecule has 1 aromatic carbocycles. The van der Waals surface area contributed by atoms with Crippen molar-refractivity contribution >= 4 is 27.0 Å². The predicted molar refractivity (Wildman–Crippen MR) is 88.1 cm³/mol. The molecule has 0 aliphatic heterocycles.